The van der Waals surface area contributed by atoms with Gasteiger partial charge in [-0.25, -0.2) is 0 Å². The van der Waals surface area contributed by atoms with Gasteiger partial charge in [0.15, 0.2) is 0 Å². The number of carbonyl (C=O) groups is 2. The van der Waals surface area contributed by atoms with Gasteiger partial charge in [-0.15, -0.1) is 0 Å². The Hall–Kier alpha value is -2.56. The Morgan fingerprint density at radius 2 is 1.67 bits per heavy atom. The van der Waals surface area contributed by atoms with Crippen LogP contribution in [0.15, 0.2) is 36.5 Å². The summed E-state index contributed by atoms with van der Waals surface area (Å²) in [6, 6.07) is 9.56. The van der Waals surface area contributed by atoms with Crippen LogP contribution in [0.25, 0.3) is 0 Å². The van der Waals surface area contributed by atoms with Gasteiger partial charge < -0.3 is 14.8 Å². The van der Waals surface area contributed by atoms with E-state index in [9.17, 15) is 9.59 Å². The quantitative estimate of drug-likeness (QED) is 0.923. The average Bonchev–Trinajstić information content (AvgIpc) is 3.00. The summed E-state index contributed by atoms with van der Waals surface area (Å²) in [5.74, 6) is 0.0615. The van der Waals surface area contributed by atoms with Crippen LogP contribution in [0.5, 0.6) is 0 Å². The molecular weight excluding hydrogens is 302 g/mol. The highest BCUT2D eigenvalue weighted by Crippen LogP contribution is 2.16. The fourth-order valence-electron chi connectivity index (χ4n) is 3.09. The molecule has 2 aromatic rings. The number of hydrogen-bond donors (Lipinski definition) is 1. The van der Waals surface area contributed by atoms with Crippen LogP contribution in [-0.4, -0.2) is 52.8 Å². The van der Waals surface area contributed by atoms with Crippen LogP contribution in [0, 0.1) is 13.8 Å². The van der Waals surface area contributed by atoms with Gasteiger partial charge >= 0.3 is 0 Å². The summed E-state index contributed by atoms with van der Waals surface area (Å²) < 4.78 is 0. The van der Waals surface area contributed by atoms with Gasteiger partial charge in [0.2, 0.25) is 0 Å². The van der Waals surface area contributed by atoms with Gasteiger partial charge in [-0.05, 0) is 44.0 Å². The lowest BCUT2D eigenvalue weighted by atomic mass is 10.0. The van der Waals surface area contributed by atoms with Gasteiger partial charge in [-0.2, -0.15) is 0 Å². The number of aromatic amines is 1. The standard InChI is InChI=1S/C19H23N3O2/c1-14-6-7-15(2)16(13-14)18(23)21-9-4-10-22(12-11-21)19(24)17-5-3-8-20-17/h3,5-8,13,20H,4,9-12H2,1-2H3. The van der Waals surface area contributed by atoms with E-state index in [1.807, 2.05) is 47.9 Å². The maximum atomic E-state index is 12.8. The molecule has 0 unspecified atom stereocenters. The number of aryl methyl sites for hydroxylation is 2. The van der Waals surface area contributed by atoms with Crippen molar-refractivity contribution in [2.24, 2.45) is 0 Å². The van der Waals surface area contributed by atoms with Crippen LogP contribution in [0.4, 0.5) is 0 Å². The van der Waals surface area contributed by atoms with E-state index in [2.05, 4.69) is 4.98 Å². The topological polar surface area (TPSA) is 56.4 Å². The Kier molecular flexibility index (Phi) is 4.69. The van der Waals surface area contributed by atoms with Crippen molar-refractivity contribution in [1.29, 1.82) is 0 Å². The van der Waals surface area contributed by atoms with Gasteiger partial charge in [-0.1, -0.05) is 17.7 Å². The fourth-order valence-corrected chi connectivity index (χ4v) is 3.09. The van der Waals surface area contributed by atoms with Gasteiger partial charge in [0, 0.05) is 37.9 Å². The SMILES string of the molecule is Cc1ccc(C)c(C(=O)N2CCCN(C(=O)c3ccc[nH]3)CC2)c1. The van der Waals surface area contributed by atoms with Crippen molar-refractivity contribution in [3.05, 3.63) is 58.9 Å². The maximum absolute atomic E-state index is 12.8. The van der Waals surface area contributed by atoms with Crippen molar-refractivity contribution in [2.45, 2.75) is 20.3 Å². The first kappa shape index (κ1) is 16.3. The number of nitrogens with one attached hydrogen (secondary N) is 1. The molecule has 5 heteroatoms. The third-order valence-electron chi connectivity index (χ3n) is 4.52. The van der Waals surface area contributed by atoms with Crippen LogP contribution in [0.2, 0.25) is 0 Å². The number of hydrogen-bond acceptors (Lipinski definition) is 2. The maximum Gasteiger partial charge on any atom is 0.270 e. The Labute approximate surface area is 142 Å². The average molecular weight is 325 g/mol. The minimum absolute atomic E-state index is 0.000958. The zero-order chi connectivity index (χ0) is 17.1. The zero-order valence-electron chi connectivity index (χ0n) is 14.2. The third kappa shape index (κ3) is 3.35. The lowest BCUT2D eigenvalue weighted by Crippen LogP contribution is -2.37. The van der Waals surface area contributed by atoms with Crippen LogP contribution in [0.3, 0.4) is 0 Å². The van der Waals surface area contributed by atoms with Crippen molar-refractivity contribution in [3.8, 4) is 0 Å². The minimum Gasteiger partial charge on any atom is -0.357 e. The molecule has 24 heavy (non-hydrogen) atoms. The van der Waals surface area contributed by atoms with Crippen LogP contribution >= 0.6 is 0 Å². The monoisotopic (exact) mass is 325 g/mol. The van der Waals surface area contributed by atoms with Crippen molar-refractivity contribution >= 4 is 11.8 Å². The number of rotatable bonds is 2. The van der Waals surface area contributed by atoms with E-state index in [1.165, 1.54) is 0 Å². The molecule has 0 saturated carbocycles. The highest BCUT2D eigenvalue weighted by molar-refractivity contribution is 5.96. The summed E-state index contributed by atoms with van der Waals surface area (Å²) in [5, 5.41) is 0. The van der Waals surface area contributed by atoms with Gasteiger partial charge in [0.1, 0.15) is 5.69 Å². The van der Waals surface area contributed by atoms with E-state index in [-0.39, 0.29) is 11.8 Å². The summed E-state index contributed by atoms with van der Waals surface area (Å²) in [6.07, 6.45) is 2.55. The van der Waals surface area contributed by atoms with Crippen molar-refractivity contribution in [1.82, 2.24) is 14.8 Å². The summed E-state index contributed by atoms with van der Waals surface area (Å²) in [5.41, 5.74) is 3.44. The summed E-state index contributed by atoms with van der Waals surface area (Å²) in [7, 11) is 0. The molecule has 5 nitrogen and oxygen atoms in total. The number of aromatic nitrogens is 1. The number of benzene rings is 1. The molecule has 0 spiro atoms. The van der Waals surface area contributed by atoms with Crippen molar-refractivity contribution in [2.75, 3.05) is 26.2 Å². The smallest absolute Gasteiger partial charge is 0.270 e. The summed E-state index contributed by atoms with van der Waals surface area (Å²) in [4.78, 5) is 31.9. The Balaban J connectivity index is 1.70. The van der Waals surface area contributed by atoms with Crippen LogP contribution < -0.4 is 0 Å². The molecule has 1 saturated heterocycles. The summed E-state index contributed by atoms with van der Waals surface area (Å²) >= 11 is 0. The second-order valence-corrected chi connectivity index (χ2v) is 6.34. The molecule has 126 valence electrons. The Morgan fingerprint density at radius 3 is 2.33 bits per heavy atom. The van der Waals surface area contributed by atoms with Gasteiger partial charge in [0.25, 0.3) is 11.8 Å². The predicted octanol–water partition coefficient (Wildman–Crippen LogP) is 2.62. The molecule has 3 rings (SSSR count). The van der Waals surface area contributed by atoms with E-state index in [1.54, 1.807) is 12.3 Å². The molecule has 1 aliphatic rings. The number of nitrogens with zero attached hydrogens (tertiary/aromatic N) is 2. The lowest BCUT2D eigenvalue weighted by molar-refractivity contribution is 0.0715. The molecular formula is C19H23N3O2. The first-order chi connectivity index (χ1) is 11.6. The van der Waals surface area contributed by atoms with E-state index in [0.717, 1.165) is 23.1 Å². The van der Waals surface area contributed by atoms with Crippen molar-refractivity contribution in [3.63, 3.8) is 0 Å². The first-order valence-electron chi connectivity index (χ1n) is 8.35. The first-order valence-corrected chi connectivity index (χ1v) is 8.35. The second-order valence-electron chi connectivity index (χ2n) is 6.34. The third-order valence-corrected chi connectivity index (χ3v) is 4.52. The molecule has 0 atom stereocenters. The van der Waals surface area contributed by atoms with Gasteiger partial charge in [-0.3, -0.25) is 9.59 Å². The molecule has 1 fully saturated rings. The van der Waals surface area contributed by atoms with Crippen molar-refractivity contribution < 1.29 is 9.59 Å². The minimum atomic E-state index is 0.000958. The molecule has 0 bridgehead atoms. The molecule has 1 N–H and O–H groups in total. The Bertz CT molecular complexity index is 737. The van der Waals surface area contributed by atoms with E-state index >= 15 is 0 Å². The highest BCUT2D eigenvalue weighted by atomic mass is 16.2. The Morgan fingerprint density at radius 1 is 0.958 bits per heavy atom. The second kappa shape index (κ2) is 6.91. The summed E-state index contributed by atoms with van der Waals surface area (Å²) in [6.45, 7) is 6.45. The fraction of sp³-hybridized carbons (Fsp3) is 0.368. The molecule has 1 aliphatic heterocycles. The number of carbonyl (C=O) groups excluding carboxylic acids is 2. The largest absolute Gasteiger partial charge is 0.357 e. The highest BCUT2D eigenvalue weighted by Gasteiger charge is 2.24. The molecule has 0 aliphatic carbocycles. The van der Waals surface area contributed by atoms with Crippen LogP contribution in [-0.2, 0) is 0 Å². The molecule has 1 aromatic heterocycles. The number of amides is 2. The zero-order valence-corrected chi connectivity index (χ0v) is 14.2. The van der Waals surface area contributed by atoms with Crippen LogP contribution in [0.1, 0.15) is 38.4 Å². The normalized spacial score (nSPS) is 15.2. The predicted molar refractivity (Wildman–Crippen MR) is 93.1 cm³/mol. The van der Waals surface area contributed by atoms with E-state index < -0.39 is 0 Å². The lowest BCUT2D eigenvalue weighted by Gasteiger charge is -2.22. The number of H-pyrrole nitrogens is 1. The van der Waals surface area contributed by atoms with E-state index in [0.29, 0.717) is 31.9 Å². The molecule has 2 amide bonds. The molecule has 1 aromatic carbocycles. The van der Waals surface area contributed by atoms with E-state index in [4.69, 9.17) is 0 Å². The van der Waals surface area contributed by atoms with Gasteiger partial charge in [0.05, 0.1) is 0 Å². The molecule has 0 radical (unpaired) electrons. The molecule has 2 heterocycles.